The minimum atomic E-state index is -0.924. The third kappa shape index (κ3) is 6.02. The number of aryl methyl sites for hydroxylation is 2. The molecule has 5 N–H and O–H groups in total. The zero-order chi connectivity index (χ0) is 30.4. The van der Waals surface area contributed by atoms with Crippen LogP contribution in [0.15, 0.2) is 36.4 Å². The van der Waals surface area contributed by atoms with E-state index >= 15 is 0 Å². The maximum atomic E-state index is 12.9. The molecule has 0 spiro atoms. The van der Waals surface area contributed by atoms with Crippen molar-refractivity contribution in [2.45, 2.75) is 63.5 Å². The summed E-state index contributed by atoms with van der Waals surface area (Å²) in [7, 11) is 3.20. The van der Waals surface area contributed by atoms with Crippen LogP contribution in [0.2, 0.25) is 0 Å². The third-order valence-electron chi connectivity index (χ3n) is 8.31. The van der Waals surface area contributed by atoms with Gasteiger partial charge in [0.25, 0.3) is 11.8 Å². The highest BCUT2D eigenvalue weighted by Crippen LogP contribution is 2.43. The van der Waals surface area contributed by atoms with E-state index < -0.39 is 5.41 Å². The van der Waals surface area contributed by atoms with Gasteiger partial charge in [-0.25, -0.2) is 0 Å². The second-order valence-corrected chi connectivity index (χ2v) is 11.3. The molecule has 0 bridgehead atoms. The molecular weight excluding hydrogens is 530 g/mol. The van der Waals surface area contributed by atoms with Crippen LogP contribution >= 0.6 is 0 Å². The molecular formula is C32H41N7O3. The van der Waals surface area contributed by atoms with Crippen LogP contribution in [0.3, 0.4) is 0 Å². The molecule has 1 saturated heterocycles. The molecule has 1 fully saturated rings. The molecule has 2 aliphatic rings. The van der Waals surface area contributed by atoms with E-state index in [1.165, 1.54) is 0 Å². The lowest BCUT2D eigenvalue weighted by Gasteiger charge is -2.38. The van der Waals surface area contributed by atoms with Crippen LogP contribution in [0.5, 0.6) is 0 Å². The molecule has 42 heavy (non-hydrogen) atoms. The number of carbonyl (C=O) groups is 3. The molecule has 2 aromatic rings. The second kappa shape index (κ2) is 13.2. The summed E-state index contributed by atoms with van der Waals surface area (Å²) in [5, 5.41) is 30.9. The van der Waals surface area contributed by atoms with Crippen molar-refractivity contribution in [1.29, 1.82) is 10.7 Å². The minimum absolute atomic E-state index is 0.00701. The molecule has 1 aliphatic heterocycles. The number of hydrogen-bond donors (Lipinski definition) is 5. The molecule has 1 aliphatic carbocycles. The van der Waals surface area contributed by atoms with Crippen LogP contribution in [0.4, 0.5) is 0 Å². The van der Waals surface area contributed by atoms with Gasteiger partial charge in [-0.3, -0.25) is 19.8 Å². The summed E-state index contributed by atoms with van der Waals surface area (Å²) < 4.78 is 0. The molecule has 222 valence electrons. The molecule has 1 atom stereocenters. The van der Waals surface area contributed by atoms with Crippen LogP contribution in [-0.2, 0) is 23.1 Å². The smallest absolute Gasteiger partial charge is 0.251 e. The highest BCUT2D eigenvalue weighted by molar-refractivity contribution is 5.98. The molecule has 1 unspecified atom stereocenters. The Labute approximate surface area is 247 Å². The highest BCUT2D eigenvalue weighted by Gasteiger charge is 2.43. The van der Waals surface area contributed by atoms with Gasteiger partial charge in [-0.2, -0.15) is 5.26 Å². The van der Waals surface area contributed by atoms with E-state index in [1.807, 2.05) is 38.1 Å². The summed E-state index contributed by atoms with van der Waals surface area (Å²) in [6.45, 7) is 5.09. The van der Waals surface area contributed by atoms with Crippen LogP contribution < -0.4 is 21.3 Å². The Morgan fingerprint density at radius 3 is 2.10 bits per heavy atom. The van der Waals surface area contributed by atoms with Crippen LogP contribution in [-0.4, -0.2) is 74.3 Å². The van der Waals surface area contributed by atoms with Crippen LogP contribution in [0, 0.1) is 16.7 Å². The maximum Gasteiger partial charge on any atom is 0.251 e. The lowest BCUT2D eigenvalue weighted by molar-refractivity contribution is -0.130. The first-order valence-electron chi connectivity index (χ1n) is 14.6. The highest BCUT2D eigenvalue weighted by atomic mass is 16.2. The van der Waals surface area contributed by atoms with Crippen molar-refractivity contribution in [2.75, 3.05) is 33.7 Å². The number of rotatable bonds is 9. The number of likely N-dealkylation sites (tertiary alicyclic amines) is 1. The number of carbonyl (C=O) groups excluding carboxylic acids is 3. The number of amidine groups is 1. The predicted octanol–water partition coefficient (Wildman–Crippen LogP) is 2.26. The summed E-state index contributed by atoms with van der Waals surface area (Å²) >= 11 is 0. The van der Waals surface area contributed by atoms with E-state index in [2.05, 4.69) is 27.3 Å². The average molecular weight is 572 g/mol. The SMILES string of the molecule is CNC(=O)c1ccc2c(c1)CCc1cc(C(=O)NC)ccc1C2(CCNCC(=O)N1CCCC1C#N)C(=N)NC(C)C. The van der Waals surface area contributed by atoms with E-state index in [9.17, 15) is 25.1 Å². The molecule has 0 aromatic heterocycles. The van der Waals surface area contributed by atoms with Gasteiger partial charge in [-0.15, -0.1) is 0 Å². The van der Waals surface area contributed by atoms with E-state index in [4.69, 9.17) is 0 Å². The first kappa shape index (κ1) is 30.7. The van der Waals surface area contributed by atoms with Crippen LogP contribution in [0.25, 0.3) is 0 Å². The van der Waals surface area contributed by atoms with Gasteiger partial charge in [0, 0.05) is 37.8 Å². The quantitative estimate of drug-likeness (QED) is 0.177. The normalized spacial score (nSPS) is 17.0. The summed E-state index contributed by atoms with van der Waals surface area (Å²) in [6.07, 6.45) is 3.26. The Morgan fingerprint density at radius 1 is 1.02 bits per heavy atom. The summed E-state index contributed by atoms with van der Waals surface area (Å²) in [4.78, 5) is 39.7. The van der Waals surface area contributed by atoms with Gasteiger partial charge in [0.1, 0.15) is 11.9 Å². The minimum Gasteiger partial charge on any atom is -0.371 e. The van der Waals surface area contributed by atoms with Crippen molar-refractivity contribution < 1.29 is 14.4 Å². The Kier molecular flexibility index (Phi) is 9.63. The lowest BCUT2D eigenvalue weighted by Crippen LogP contribution is -2.49. The number of benzene rings is 2. The van der Waals surface area contributed by atoms with Gasteiger partial charge in [0.2, 0.25) is 5.91 Å². The zero-order valence-corrected chi connectivity index (χ0v) is 24.9. The fraction of sp³-hybridized carbons (Fsp3) is 0.469. The standard InChI is InChI=1S/C32H41N7O3/c1-20(2)38-31(34)32(13-14-37-19-28(40)39-15-5-6-25(39)18-33)26-11-9-23(29(41)35-3)16-21(26)7-8-22-17-24(30(42)36-4)10-12-27(22)32/h9-12,16-17,20,25,37H,5-8,13-15,19H2,1-4H3,(H2,34,38)(H,35,41)(H,36,42). The Bertz CT molecular complexity index is 1340. The zero-order valence-electron chi connectivity index (χ0n) is 24.9. The molecule has 10 nitrogen and oxygen atoms in total. The molecule has 3 amide bonds. The topological polar surface area (TPSA) is 150 Å². The third-order valence-corrected chi connectivity index (χ3v) is 8.31. The Morgan fingerprint density at radius 2 is 1.60 bits per heavy atom. The van der Waals surface area contributed by atoms with Crippen molar-refractivity contribution >= 4 is 23.6 Å². The van der Waals surface area contributed by atoms with Crippen molar-refractivity contribution in [3.05, 3.63) is 69.8 Å². The van der Waals surface area contributed by atoms with E-state index in [-0.39, 0.29) is 36.3 Å². The van der Waals surface area contributed by atoms with Gasteiger partial charge >= 0.3 is 0 Å². The van der Waals surface area contributed by atoms with Crippen molar-refractivity contribution in [3.63, 3.8) is 0 Å². The molecule has 0 saturated carbocycles. The van der Waals surface area contributed by atoms with E-state index in [0.29, 0.717) is 55.7 Å². The van der Waals surface area contributed by atoms with Crippen molar-refractivity contribution in [3.8, 4) is 6.07 Å². The summed E-state index contributed by atoms with van der Waals surface area (Å²) in [6, 6.07) is 13.1. The maximum absolute atomic E-state index is 12.9. The molecule has 2 aromatic carbocycles. The lowest BCUT2D eigenvalue weighted by atomic mass is 9.68. The van der Waals surface area contributed by atoms with Gasteiger partial charge in [-0.1, -0.05) is 12.1 Å². The van der Waals surface area contributed by atoms with Crippen LogP contribution in [0.1, 0.15) is 76.1 Å². The van der Waals surface area contributed by atoms with E-state index in [1.54, 1.807) is 31.1 Å². The first-order chi connectivity index (χ1) is 20.2. The molecule has 10 heteroatoms. The fourth-order valence-electron chi connectivity index (χ4n) is 6.27. The monoisotopic (exact) mass is 571 g/mol. The van der Waals surface area contributed by atoms with E-state index in [0.717, 1.165) is 28.7 Å². The fourth-order valence-corrected chi connectivity index (χ4v) is 6.27. The average Bonchev–Trinajstić information content (AvgIpc) is 3.43. The first-order valence-corrected chi connectivity index (χ1v) is 14.6. The summed E-state index contributed by atoms with van der Waals surface area (Å²) in [5.41, 5.74) is 3.96. The molecule has 0 radical (unpaired) electrons. The number of fused-ring (bicyclic) bond motifs is 2. The van der Waals surface area contributed by atoms with Gasteiger partial charge in [0.15, 0.2) is 0 Å². The number of nitrogens with one attached hydrogen (secondary N) is 5. The summed E-state index contributed by atoms with van der Waals surface area (Å²) in [5.74, 6) is -0.143. The number of amides is 3. The molecule has 4 rings (SSSR count). The Hall–Kier alpha value is -4.23. The van der Waals surface area contributed by atoms with Gasteiger partial charge in [-0.05, 0) is 99.0 Å². The van der Waals surface area contributed by atoms with Crippen molar-refractivity contribution in [1.82, 2.24) is 26.2 Å². The van der Waals surface area contributed by atoms with Gasteiger partial charge in [0.05, 0.1) is 18.0 Å². The second-order valence-electron chi connectivity index (χ2n) is 11.3. The Balaban J connectivity index is 1.77. The molecule has 1 heterocycles. The number of hydrogen-bond acceptors (Lipinski definition) is 6. The van der Waals surface area contributed by atoms with Crippen molar-refractivity contribution in [2.24, 2.45) is 0 Å². The number of nitriles is 1. The number of nitrogens with zero attached hydrogens (tertiary/aromatic N) is 2. The predicted molar refractivity (Wildman–Crippen MR) is 162 cm³/mol. The largest absolute Gasteiger partial charge is 0.371 e. The van der Waals surface area contributed by atoms with Gasteiger partial charge < -0.3 is 26.2 Å².